The van der Waals surface area contributed by atoms with Crippen molar-refractivity contribution in [2.75, 3.05) is 13.1 Å². The molecule has 40 heavy (non-hydrogen) atoms. The SMILES string of the molecule is Oc1cc(F)cc(-c2ccnc3[nH]c(-c4n[nH]c5ccc(-c6cncc(CN7CCC(F)(F)C7)c6)cc45)cc23)c1. The standard InChI is InChI=1S/C30H23F3N6O/c31-21-8-19(9-22(40)11-21)23-3-5-35-29-24(23)12-27(36-29)28-25-10-18(1-2-26(25)37-38-28)20-7-17(13-34-14-20)15-39-6-4-30(32,33)16-39/h1-3,5,7-14,40H,4,6,15-16H2,(H,35,36)(H,37,38). The molecule has 1 saturated heterocycles. The molecule has 0 saturated carbocycles. The summed E-state index contributed by atoms with van der Waals surface area (Å²) in [4.78, 5) is 13.9. The van der Waals surface area contributed by atoms with Gasteiger partial charge in [0.25, 0.3) is 5.92 Å². The molecule has 1 fully saturated rings. The van der Waals surface area contributed by atoms with E-state index in [1.54, 1.807) is 29.6 Å². The van der Waals surface area contributed by atoms with Gasteiger partial charge in [0.2, 0.25) is 0 Å². The summed E-state index contributed by atoms with van der Waals surface area (Å²) >= 11 is 0. The third-order valence-electron chi connectivity index (χ3n) is 7.33. The van der Waals surface area contributed by atoms with E-state index < -0.39 is 11.7 Å². The van der Waals surface area contributed by atoms with Gasteiger partial charge < -0.3 is 10.1 Å². The number of H-pyrrole nitrogens is 2. The molecule has 2 aromatic carbocycles. The van der Waals surface area contributed by atoms with E-state index in [1.165, 1.54) is 12.1 Å². The van der Waals surface area contributed by atoms with E-state index in [4.69, 9.17) is 0 Å². The Morgan fingerprint density at radius 1 is 0.950 bits per heavy atom. The highest BCUT2D eigenvalue weighted by atomic mass is 19.3. The molecule has 4 aromatic heterocycles. The van der Waals surface area contributed by atoms with Crippen molar-refractivity contribution in [1.29, 1.82) is 0 Å². The van der Waals surface area contributed by atoms with Gasteiger partial charge in [0.05, 0.1) is 17.8 Å². The number of benzene rings is 2. The zero-order chi connectivity index (χ0) is 27.4. The second-order valence-electron chi connectivity index (χ2n) is 10.2. The molecule has 0 radical (unpaired) electrons. The Hall–Kier alpha value is -4.70. The predicted molar refractivity (Wildman–Crippen MR) is 146 cm³/mol. The van der Waals surface area contributed by atoms with Crippen LogP contribution in [0.3, 0.4) is 0 Å². The Kier molecular flexibility index (Phi) is 5.60. The van der Waals surface area contributed by atoms with E-state index in [2.05, 4.69) is 25.1 Å². The third kappa shape index (κ3) is 4.46. The third-order valence-corrected chi connectivity index (χ3v) is 7.33. The molecule has 0 unspecified atom stereocenters. The van der Waals surface area contributed by atoms with Gasteiger partial charge in [-0.25, -0.2) is 18.2 Å². The quantitative estimate of drug-likeness (QED) is 0.232. The Morgan fingerprint density at radius 3 is 2.67 bits per heavy atom. The first-order valence-corrected chi connectivity index (χ1v) is 12.8. The number of aromatic amines is 2. The molecule has 0 aliphatic carbocycles. The Balaban J connectivity index is 1.25. The highest BCUT2D eigenvalue weighted by Gasteiger charge is 2.37. The van der Waals surface area contributed by atoms with E-state index in [9.17, 15) is 18.3 Å². The minimum Gasteiger partial charge on any atom is -0.508 e. The van der Waals surface area contributed by atoms with Crippen LogP contribution in [0.25, 0.3) is 55.6 Å². The fourth-order valence-electron chi connectivity index (χ4n) is 5.47. The summed E-state index contributed by atoms with van der Waals surface area (Å²) in [6, 6.07) is 15.5. The predicted octanol–water partition coefficient (Wildman–Crippen LogP) is 6.52. The van der Waals surface area contributed by atoms with Crippen LogP contribution < -0.4 is 0 Å². The summed E-state index contributed by atoms with van der Waals surface area (Å²) in [5, 5.41) is 19.2. The number of nitrogens with zero attached hydrogens (tertiary/aromatic N) is 4. The summed E-state index contributed by atoms with van der Waals surface area (Å²) < 4.78 is 41.3. The van der Waals surface area contributed by atoms with Crippen molar-refractivity contribution in [1.82, 2.24) is 30.0 Å². The molecular formula is C30H23F3N6O. The van der Waals surface area contributed by atoms with Gasteiger partial charge in [-0.1, -0.05) is 6.07 Å². The number of pyridine rings is 2. The van der Waals surface area contributed by atoms with Crippen LogP contribution in [0.4, 0.5) is 13.2 Å². The van der Waals surface area contributed by atoms with Gasteiger partial charge in [0.15, 0.2) is 0 Å². The fraction of sp³-hybridized carbons (Fsp3) is 0.167. The molecule has 1 aliphatic heterocycles. The number of phenols is 1. The Bertz CT molecular complexity index is 1880. The Labute approximate surface area is 226 Å². The second-order valence-corrected chi connectivity index (χ2v) is 10.2. The van der Waals surface area contributed by atoms with Crippen LogP contribution in [-0.2, 0) is 6.54 Å². The zero-order valence-corrected chi connectivity index (χ0v) is 21.1. The lowest BCUT2D eigenvalue weighted by Gasteiger charge is -2.15. The van der Waals surface area contributed by atoms with Gasteiger partial charge in [-0.15, -0.1) is 0 Å². The van der Waals surface area contributed by atoms with Gasteiger partial charge in [0, 0.05) is 60.5 Å². The summed E-state index contributed by atoms with van der Waals surface area (Å²) in [6.07, 6.45) is 4.99. The number of alkyl halides is 2. The summed E-state index contributed by atoms with van der Waals surface area (Å²) in [6.45, 7) is 0.551. The smallest absolute Gasteiger partial charge is 0.261 e. The molecule has 0 bridgehead atoms. The van der Waals surface area contributed by atoms with E-state index in [0.29, 0.717) is 30.0 Å². The fourth-order valence-corrected chi connectivity index (χ4v) is 5.47. The average Bonchev–Trinajstić information content (AvgIpc) is 3.63. The largest absolute Gasteiger partial charge is 0.508 e. The number of phenolic OH excluding ortho intramolecular Hbond substituents is 1. The maximum atomic E-state index is 14.0. The van der Waals surface area contributed by atoms with Gasteiger partial charge in [-0.3, -0.25) is 15.0 Å². The molecule has 0 amide bonds. The highest BCUT2D eigenvalue weighted by molar-refractivity contribution is 6.00. The molecule has 1 aliphatic rings. The maximum absolute atomic E-state index is 14.0. The number of aromatic nitrogens is 5. The zero-order valence-electron chi connectivity index (χ0n) is 21.1. The lowest BCUT2D eigenvalue weighted by Crippen LogP contribution is -2.24. The normalized spacial score (nSPS) is 15.4. The van der Waals surface area contributed by atoms with Crippen molar-refractivity contribution in [2.45, 2.75) is 18.9 Å². The molecular weight excluding hydrogens is 517 g/mol. The number of hydrogen-bond donors (Lipinski definition) is 3. The number of fused-ring (bicyclic) bond motifs is 2. The molecule has 3 N–H and O–H groups in total. The van der Waals surface area contributed by atoms with E-state index in [0.717, 1.165) is 50.3 Å². The average molecular weight is 541 g/mol. The number of halogens is 3. The molecule has 0 spiro atoms. The minimum absolute atomic E-state index is 0.116. The van der Waals surface area contributed by atoms with Crippen LogP contribution in [-0.4, -0.2) is 54.2 Å². The lowest BCUT2D eigenvalue weighted by atomic mass is 10.0. The van der Waals surface area contributed by atoms with Crippen molar-refractivity contribution in [3.63, 3.8) is 0 Å². The minimum atomic E-state index is -2.63. The lowest BCUT2D eigenvalue weighted by molar-refractivity contribution is 0.0115. The van der Waals surface area contributed by atoms with Crippen LogP contribution in [0, 0.1) is 5.82 Å². The highest BCUT2D eigenvalue weighted by Crippen LogP contribution is 2.36. The van der Waals surface area contributed by atoms with Crippen molar-refractivity contribution in [2.24, 2.45) is 0 Å². The van der Waals surface area contributed by atoms with Crippen LogP contribution >= 0.6 is 0 Å². The van der Waals surface area contributed by atoms with Crippen molar-refractivity contribution < 1.29 is 18.3 Å². The molecule has 10 heteroatoms. The van der Waals surface area contributed by atoms with Gasteiger partial charge in [-0.2, -0.15) is 5.10 Å². The second kappa shape index (κ2) is 9.20. The maximum Gasteiger partial charge on any atom is 0.261 e. The molecule has 7 nitrogen and oxygen atoms in total. The van der Waals surface area contributed by atoms with Crippen molar-refractivity contribution >= 4 is 21.9 Å². The van der Waals surface area contributed by atoms with E-state index in [1.807, 2.05) is 30.3 Å². The summed E-state index contributed by atoms with van der Waals surface area (Å²) in [7, 11) is 0. The number of rotatable bonds is 5. The van der Waals surface area contributed by atoms with E-state index in [-0.39, 0.29) is 18.7 Å². The van der Waals surface area contributed by atoms with E-state index >= 15 is 0 Å². The van der Waals surface area contributed by atoms with Crippen molar-refractivity contribution in [3.8, 4) is 39.4 Å². The molecule has 0 atom stereocenters. The van der Waals surface area contributed by atoms with Gasteiger partial charge >= 0.3 is 0 Å². The van der Waals surface area contributed by atoms with Crippen LogP contribution in [0.5, 0.6) is 5.75 Å². The molecule has 6 aromatic rings. The van der Waals surface area contributed by atoms with Gasteiger partial charge in [-0.05, 0) is 64.7 Å². The first kappa shape index (κ1) is 24.3. The van der Waals surface area contributed by atoms with Crippen molar-refractivity contribution in [3.05, 3.63) is 84.6 Å². The number of likely N-dealkylation sites (tertiary alicyclic amines) is 1. The van der Waals surface area contributed by atoms with Crippen LogP contribution in [0.15, 0.2) is 73.2 Å². The topological polar surface area (TPSA) is 93.7 Å². The van der Waals surface area contributed by atoms with Gasteiger partial charge in [0.1, 0.15) is 22.9 Å². The molecule has 7 rings (SSSR count). The first-order valence-electron chi connectivity index (χ1n) is 12.8. The summed E-state index contributed by atoms with van der Waals surface area (Å²) in [5.74, 6) is -3.32. The molecule has 5 heterocycles. The first-order chi connectivity index (χ1) is 19.3. The monoisotopic (exact) mass is 540 g/mol. The van der Waals surface area contributed by atoms with Crippen LogP contribution in [0.1, 0.15) is 12.0 Å². The Morgan fingerprint density at radius 2 is 1.85 bits per heavy atom. The summed E-state index contributed by atoms with van der Waals surface area (Å²) in [5.41, 5.74) is 6.78. The number of nitrogens with one attached hydrogen (secondary N) is 2. The van der Waals surface area contributed by atoms with Crippen LogP contribution in [0.2, 0.25) is 0 Å². The molecule has 200 valence electrons. The number of hydrogen-bond acceptors (Lipinski definition) is 5. The number of aromatic hydroxyl groups is 1.